The Hall–Kier alpha value is -0.730. The lowest BCUT2D eigenvalue weighted by Crippen LogP contribution is -1.93. The van der Waals surface area contributed by atoms with Crippen LogP contribution in [0.3, 0.4) is 0 Å². The van der Waals surface area contributed by atoms with Gasteiger partial charge in [0.25, 0.3) is 0 Å². The smallest absolute Gasteiger partial charge is 0.125 e. The van der Waals surface area contributed by atoms with Crippen LogP contribution in [0.5, 0.6) is 5.75 Å². The summed E-state index contributed by atoms with van der Waals surface area (Å²) in [5.74, 6) is 0.862. The van der Waals surface area contributed by atoms with Crippen molar-refractivity contribution in [2.45, 2.75) is 26.1 Å². The average Bonchev–Trinajstić information content (AvgIpc) is 2.87. The standard InChI is InChI=1S/C11H13ClO2/c1-6-4-10(13-3)8(5-9(6)12)11-7(2)14-11/h4-5,7,11H,1-3H3. The van der Waals surface area contributed by atoms with Gasteiger partial charge in [0.1, 0.15) is 11.9 Å². The van der Waals surface area contributed by atoms with Gasteiger partial charge in [0.2, 0.25) is 0 Å². The highest BCUT2D eigenvalue weighted by Gasteiger charge is 2.38. The summed E-state index contributed by atoms with van der Waals surface area (Å²) in [6, 6.07) is 3.88. The third-order valence-electron chi connectivity index (χ3n) is 2.53. The summed E-state index contributed by atoms with van der Waals surface area (Å²) in [6.45, 7) is 4.00. The zero-order valence-electron chi connectivity index (χ0n) is 8.50. The van der Waals surface area contributed by atoms with Crippen molar-refractivity contribution in [3.63, 3.8) is 0 Å². The third kappa shape index (κ3) is 1.60. The van der Waals surface area contributed by atoms with Crippen molar-refractivity contribution in [1.82, 2.24) is 0 Å². The maximum absolute atomic E-state index is 6.05. The molecule has 0 radical (unpaired) electrons. The molecule has 1 aromatic rings. The highest BCUT2D eigenvalue weighted by atomic mass is 35.5. The van der Waals surface area contributed by atoms with Gasteiger partial charge in [-0.2, -0.15) is 0 Å². The molecule has 2 unspecified atom stereocenters. The summed E-state index contributed by atoms with van der Waals surface area (Å²) in [4.78, 5) is 0. The number of ether oxygens (including phenoxy) is 2. The highest BCUT2D eigenvalue weighted by Crippen LogP contribution is 2.44. The van der Waals surface area contributed by atoms with E-state index in [1.165, 1.54) is 0 Å². The van der Waals surface area contributed by atoms with Gasteiger partial charge in [-0.15, -0.1) is 0 Å². The van der Waals surface area contributed by atoms with Crippen molar-refractivity contribution in [3.8, 4) is 5.75 Å². The van der Waals surface area contributed by atoms with E-state index >= 15 is 0 Å². The summed E-state index contributed by atoms with van der Waals surface area (Å²) in [6.07, 6.45) is 0.436. The molecule has 76 valence electrons. The summed E-state index contributed by atoms with van der Waals surface area (Å²) in [5.41, 5.74) is 2.08. The monoisotopic (exact) mass is 212 g/mol. The molecular formula is C11H13ClO2. The first-order chi connectivity index (χ1) is 6.63. The fourth-order valence-corrected chi connectivity index (χ4v) is 1.75. The lowest BCUT2D eigenvalue weighted by atomic mass is 10.1. The predicted molar refractivity (Wildman–Crippen MR) is 56.0 cm³/mol. The number of hydrogen-bond donors (Lipinski definition) is 0. The van der Waals surface area contributed by atoms with Crippen molar-refractivity contribution in [2.75, 3.05) is 7.11 Å². The summed E-state index contributed by atoms with van der Waals surface area (Å²) in [5, 5.41) is 0.767. The first kappa shape index (κ1) is 9.81. The highest BCUT2D eigenvalue weighted by molar-refractivity contribution is 6.31. The van der Waals surface area contributed by atoms with E-state index in [0.717, 1.165) is 21.9 Å². The lowest BCUT2D eigenvalue weighted by Gasteiger charge is -2.08. The Morgan fingerprint density at radius 2 is 2.07 bits per heavy atom. The average molecular weight is 213 g/mol. The van der Waals surface area contributed by atoms with Crippen molar-refractivity contribution in [2.24, 2.45) is 0 Å². The Labute approximate surface area is 88.8 Å². The lowest BCUT2D eigenvalue weighted by molar-refractivity contribution is 0.368. The third-order valence-corrected chi connectivity index (χ3v) is 2.94. The fraction of sp³-hybridized carbons (Fsp3) is 0.455. The zero-order chi connectivity index (χ0) is 10.3. The van der Waals surface area contributed by atoms with Crippen LogP contribution < -0.4 is 4.74 Å². The summed E-state index contributed by atoms with van der Waals surface area (Å²) in [7, 11) is 1.67. The molecule has 0 aliphatic carbocycles. The van der Waals surface area contributed by atoms with Crippen LogP contribution in [-0.2, 0) is 4.74 Å². The SMILES string of the molecule is COc1cc(C)c(Cl)cc1C1OC1C. The molecule has 0 amide bonds. The molecule has 1 heterocycles. The minimum absolute atomic E-state index is 0.156. The minimum atomic E-state index is 0.156. The normalized spacial score (nSPS) is 24.9. The van der Waals surface area contributed by atoms with Gasteiger partial charge in [-0.05, 0) is 31.5 Å². The Morgan fingerprint density at radius 1 is 1.43 bits per heavy atom. The first-order valence-electron chi connectivity index (χ1n) is 4.63. The molecule has 1 aliphatic rings. The molecule has 1 saturated heterocycles. The summed E-state index contributed by atoms with van der Waals surface area (Å²) >= 11 is 6.05. The number of epoxide rings is 1. The van der Waals surface area contributed by atoms with E-state index in [0.29, 0.717) is 0 Å². The van der Waals surface area contributed by atoms with Crippen LogP contribution in [0.4, 0.5) is 0 Å². The van der Waals surface area contributed by atoms with Crippen LogP contribution >= 0.6 is 11.6 Å². The number of aryl methyl sites for hydroxylation is 1. The van der Waals surface area contributed by atoms with E-state index in [9.17, 15) is 0 Å². The van der Waals surface area contributed by atoms with Crippen LogP contribution in [0.2, 0.25) is 5.02 Å². The number of hydrogen-bond acceptors (Lipinski definition) is 2. The van der Waals surface area contributed by atoms with Crippen LogP contribution in [0, 0.1) is 6.92 Å². The van der Waals surface area contributed by atoms with Gasteiger partial charge >= 0.3 is 0 Å². The molecule has 2 atom stereocenters. The Kier molecular flexibility index (Phi) is 2.41. The minimum Gasteiger partial charge on any atom is -0.496 e. The van der Waals surface area contributed by atoms with Crippen molar-refractivity contribution >= 4 is 11.6 Å². The molecule has 1 aromatic carbocycles. The second-order valence-electron chi connectivity index (χ2n) is 3.61. The molecular weight excluding hydrogens is 200 g/mol. The van der Waals surface area contributed by atoms with Crippen molar-refractivity contribution < 1.29 is 9.47 Å². The van der Waals surface area contributed by atoms with Crippen molar-refractivity contribution in [1.29, 1.82) is 0 Å². The van der Waals surface area contributed by atoms with Gasteiger partial charge in [0.05, 0.1) is 13.2 Å². The molecule has 2 rings (SSSR count). The first-order valence-corrected chi connectivity index (χ1v) is 5.00. The number of rotatable bonds is 2. The van der Waals surface area contributed by atoms with Gasteiger partial charge < -0.3 is 9.47 Å². The van der Waals surface area contributed by atoms with E-state index in [4.69, 9.17) is 21.1 Å². The molecule has 1 fully saturated rings. The van der Waals surface area contributed by atoms with Crippen LogP contribution in [0.15, 0.2) is 12.1 Å². The Balaban J connectivity index is 2.42. The van der Waals surface area contributed by atoms with E-state index in [1.54, 1.807) is 7.11 Å². The number of halogens is 1. The Bertz CT molecular complexity index is 363. The second-order valence-corrected chi connectivity index (χ2v) is 4.01. The molecule has 0 spiro atoms. The molecule has 14 heavy (non-hydrogen) atoms. The van der Waals surface area contributed by atoms with E-state index in [1.807, 2.05) is 26.0 Å². The molecule has 2 nitrogen and oxygen atoms in total. The maximum atomic E-state index is 6.05. The summed E-state index contributed by atoms with van der Waals surface area (Å²) < 4.78 is 10.7. The van der Waals surface area contributed by atoms with Gasteiger partial charge in [0.15, 0.2) is 0 Å². The quantitative estimate of drug-likeness (QED) is 0.703. The van der Waals surface area contributed by atoms with E-state index in [-0.39, 0.29) is 12.2 Å². The Morgan fingerprint density at radius 3 is 2.57 bits per heavy atom. The van der Waals surface area contributed by atoms with Crippen molar-refractivity contribution in [3.05, 3.63) is 28.3 Å². The molecule has 3 heteroatoms. The fourth-order valence-electron chi connectivity index (χ4n) is 1.58. The molecule has 0 saturated carbocycles. The van der Waals surface area contributed by atoms with Crippen LogP contribution in [-0.4, -0.2) is 13.2 Å². The molecule has 0 N–H and O–H groups in total. The topological polar surface area (TPSA) is 21.8 Å². The van der Waals surface area contributed by atoms with Gasteiger partial charge in [-0.25, -0.2) is 0 Å². The molecule has 0 aromatic heterocycles. The predicted octanol–water partition coefficient (Wildman–Crippen LogP) is 3.12. The van der Waals surface area contributed by atoms with E-state index < -0.39 is 0 Å². The second kappa shape index (κ2) is 3.44. The number of benzene rings is 1. The number of methoxy groups -OCH3 is 1. The van der Waals surface area contributed by atoms with Gasteiger partial charge in [0, 0.05) is 10.6 Å². The maximum Gasteiger partial charge on any atom is 0.125 e. The van der Waals surface area contributed by atoms with Gasteiger partial charge in [-0.1, -0.05) is 11.6 Å². The van der Waals surface area contributed by atoms with E-state index in [2.05, 4.69) is 0 Å². The van der Waals surface area contributed by atoms with Crippen LogP contribution in [0.25, 0.3) is 0 Å². The van der Waals surface area contributed by atoms with Gasteiger partial charge in [-0.3, -0.25) is 0 Å². The van der Waals surface area contributed by atoms with Crippen LogP contribution in [0.1, 0.15) is 24.2 Å². The zero-order valence-corrected chi connectivity index (χ0v) is 9.26. The molecule has 0 bridgehead atoms. The molecule has 1 aliphatic heterocycles. The largest absolute Gasteiger partial charge is 0.496 e.